The third kappa shape index (κ3) is 3.94. The van der Waals surface area contributed by atoms with Crippen LogP contribution >= 0.6 is 0 Å². The molecular weight excluding hydrogens is 246 g/mol. The molecule has 2 aromatic rings. The van der Waals surface area contributed by atoms with Crippen LogP contribution in [0.5, 0.6) is 0 Å². The molecule has 1 atom stereocenters. The van der Waals surface area contributed by atoms with Crippen molar-refractivity contribution in [3.05, 3.63) is 53.9 Å². The van der Waals surface area contributed by atoms with Gasteiger partial charge in [0.1, 0.15) is 0 Å². The van der Waals surface area contributed by atoms with E-state index in [4.69, 9.17) is 0 Å². The van der Waals surface area contributed by atoms with E-state index in [1.807, 2.05) is 4.68 Å². The van der Waals surface area contributed by atoms with Crippen molar-refractivity contribution in [2.75, 3.05) is 6.54 Å². The molecule has 0 aliphatic rings. The molecule has 0 bridgehead atoms. The summed E-state index contributed by atoms with van der Waals surface area (Å²) in [7, 11) is 0. The maximum Gasteiger partial charge on any atom is 0.0625 e. The summed E-state index contributed by atoms with van der Waals surface area (Å²) >= 11 is 0. The van der Waals surface area contributed by atoms with Crippen molar-refractivity contribution in [2.24, 2.45) is 0 Å². The number of aromatic nitrogens is 2. The van der Waals surface area contributed by atoms with Crippen molar-refractivity contribution in [1.29, 1.82) is 0 Å². The Morgan fingerprint density at radius 2 is 1.90 bits per heavy atom. The molecule has 3 nitrogen and oxygen atoms in total. The second kappa shape index (κ2) is 7.25. The largest absolute Gasteiger partial charge is 0.310 e. The van der Waals surface area contributed by atoms with Gasteiger partial charge in [-0.05, 0) is 44.9 Å². The lowest BCUT2D eigenvalue weighted by Gasteiger charge is -2.17. The topological polar surface area (TPSA) is 29.9 Å². The Hall–Kier alpha value is -1.61. The number of nitrogens with zero attached hydrogens (tertiary/aromatic N) is 2. The van der Waals surface area contributed by atoms with Gasteiger partial charge >= 0.3 is 0 Å². The molecule has 1 aromatic carbocycles. The first-order chi connectivity index (χ1) is 9.70. The van der Waals surface area contributed by atoms with Gasteiger partial charge < -0.3 is 5.32 Å². The molecule has 1 aromatic heterocycles. The van der Waals surface area contributed by atoms with Gasteiger partial charge in [-0.2, -0.15) is 5.10 Å². The van der Waals surface area contributed by atoms with E-state index in [1.54, 1.807) is 0 Å². The molecular formula is C17H25N3. The van der Waals surface area contributed by atoms with Crippen molar-refractivity contribution in [3.8, 4) is 0 Å². The summed E-state index contributed by atoms with van der Waals surface area (Å²) in [6.07, 6.45) is 4.16. The van der Waals surface area contributed by atoms with E-state index < -0.39 is 0 Å². The zero-order chi connectivity index (χ0) is 14.4. The summed E-state index contributed by atoms with van der Waals surface area (Å²) in [4.78, 5) is 0. The highest BCUT2D eigenvalue weighted by Crippen LogP contribution is 2.18. The normalized spacial score (nSPS) is 12.8. The molecule has 108 valence electrons. The Bertz CT molecular complexity index is 502. The molecule has 2 rings (SSSR count). The molecule has 0 radical (unpaired) electrons. The third-order valence-electron chi connectivity index (χ3n) is 3.53. The van der Waals surface area contributed by atoms with Gasteiger partial charge in [0, 0.05) is 18.3 Å². The second-order valence-corrected chi connectivity index (χ2v) is 5.44. The molecule has 0 fully saturated rings. The summed E-state index contributed by atoms with van der Waals surface area (Å²) in [6.45, 7) is 7.45. The number of rotatable bonds is 7. The second-order valence-electron chi connectivity index (χ2n) is 5.44. The highest BCUT2D eigenvalue weighted by atomic mass is 15.3. The SMILES string of the molecule is CCNC(CCc1ccn(C(C)C)n1)c1ccccc1. The molecule has 0 aliphatic heterocycles. The smallest absolute Gasteiger partial charge is 0.0625 e. The van der Waals surface area contributed by atoms with Crippen LogP contribution in [0.1, 0.15) is 50.5 Å². The first-order valence-corrected chi connectivity index (χ1v) is 7.53. The van der Waals surface area contributed by atoms with Crippen LogP contribution in [0.15, 0.2) is 42.6 Å². The van der Waals surface area contributed by atoms with Gasteiger partial charge in [-0.3, -0.25) is 4.68 Å². The molecule has 0 spiro atoms. The van der Waals surface area contributed by atoms with E-state index in [9.17, 15) is 0 Å². The standard InChI is InChI=1S/C17H25N3/c1-4-18-17(15-8-6-5-7-9-15)11-10-16-12-13-20(19-16)14(2)3/h5-9,12-14,17-18H,4,10-11H2,1-3H3. The highest BCUT2D eigenvalue weighted by Gasteiger charge is 2.11. The third-order valence-corrected chi connectivity index (χ3v) is 3.53. The lowest BCUT2D eigenvalue weighted by atomic mass is 10.0. The quantitative estimate of drug-likeness (QED) is 0.831. The highest BCUT2D eigenvalue weighted by molar-refractivity contribution is 5.19. The summed E-state index contributed by atoms with van der Waals surface area (Å²) in [5.74, 6) is 0. The fourth-order valence-corrected chi connectivity index (χ4v) is 2.41. The van der Waals surface area contributed by atoms with Crippen molar-refractivity contribution in [1.82, 2.24) is 15.1 Å². The van der Waals surface area contributed by atoms with Crippen molar-refractivity contribution in [2.45, 2.75) is 45.7 Å². The van der Waals surface area contributed by atoms with Crippen LogP contribution in [0.25, 0.3) is 0 Å². The minimum atomic E-state index is 0.408. The van der Waals surface area contributed by atoms with Crippen LogP contribution in [-0.2, 0) is 6.42 Å². The molecule has 0 saturated heterocycles. The summed E-state index contributed by atoms with van der Waals surface area (Å²) in [6, 6.07) is 13.6. The van der Waals surface area contributed by atoms with Crippen molar-refractivity contribution >= 4 is 0 Å². The van der Waals surface area contributed by atoms with E-state index in [-0.39, 0.29) is 0 Å². The monoisotopic (exact) mass is 271 g/mol. The van der Waals surface area contributed by atoms with Crippen molar-refractivity contribution in [3.63, 3.8) is 0 Å². The van der Waals surface area contributed by atoms with Gasteiger partial charge in [-0.15, -0.1) is 0 Å². The van der Waals surface area contributed by atoms with E-state index in [0.29, 0.717) is 12.1 Å². The predicted molar refractivity (Wildman–Crippen MR) is 83.8 cm³/mol. The van der Waals surface area contributed by atoms with Gasteiger partial charge in [0.2, 0.25) is 0 Å². The average molecular weight is 271 g/mol. The summed E-state index contributed by atoms with van der Waals surface area (Å²) < 4.78 is 2.03. The first-order valence-electron chi connectivity index (χ1n) is 7.53. The molecule has 20 heavy (non-hydrogen) atoms. The van der Waals surface area contributed by atoms with Crippen LogP contribution in [-0.4, -0.2) is 16.3 Å². The Balaban J connectivity index is 1.98. The zero-order valence-corrected chi connectivity index (χ0v) is 12.7. The molecule has 3 heteroatoms. The van der Waals surface area contributed by atoms with Gasteiger partial charge in [-0.25, -0.2) is 0 Å². The maximum absolute atomic E-state index is 4.62. The maximum atomic E-state index is 4.62. The van der Waals surface area contributed by atoms with Gasteiger partial charge in [0.15, 0.2) is 0 Å². The zero-order valence-electron chi connectivity index (χ0n) is 12.7. The molecule has 1 heterocycles. The molecule has 1 unspecified atom stereocenters. The Morgan fingerprint density at radius 3 is 2.50 bits per heavy atom. The van der Waals surface area contributed by atoms with E-state index >= 15 is 0 Å². The molecule has 0 aliphatic carbocycles. The van der Waals surface area contributed by atoms with Crippen LogP contribution in [0, 0.1) is 0 Å². The Morgan fingerprint density at radius 1 is 1.15 bits per heavy atom. The number of hydrogen-bond acceptors (Lipinski definition) is 2. The number of aryl methyl sites for hydroxylation is 1. The Labute approximate surface area is 122 Å². The van der Waals surface area contributed by atoms with Crippen LogP contribution in [0.3, 0.4) is 0 Å². The predicted octanol–water partition coefficient (Wildman–Crippen LogP) is 3.75. The molecule has 0 saturated carbocycles. The fraction of sp³-hybridized carbons (Fsp3) is 0.471. The molecule has 1 N–H and O–H groups in total. The number of hydrogen-bond donors (Lipinski definition) is 1. The Kier molecular flexibility index (Phi) is 5.36. The van der Waals surface area contributed by atoms with Gasteiger partial charge in [0.05, 0.1) is 5.69 Å². The van der Waals surface area contributed by atoms with Gasteiger partial charge in [-0.1, -0.05) is 37.3 Å². The van der Waals surface area contributed by atoms with Gasteiger partial charge in [0.25, 0.3) is 0 Å². The molecule has 0 amide bonds. The van der Waals surface area contributed by atoms with E-state index in [0.717, 1.165) is 19.4 Å². The number of nitrogens with one attached hydrogen (secondary N) is 1. The number of benzene rings is 1. The lowest BCUT2D eigenvalue weighted by Crippen LogP contribution is -2.21. The van der Waals surface area contributed by atoms with E-state index in [1.165, 1.54) is 11.3 Å². The summed E-state index contributed by atoms with van der Waals surface area (Å²) in [5.41, 5.74) is 2.54. The summed E-state index contributed by atoms with van der Waals surface area (Å²) in [5, 5.41) is 8.19. The minimum Gasteiger partial charge on any atom is -0.310 e. The lowest BCUT2D eigenvalue weighted by molar-refractivity contribution is 0.498. The minimum absolute atomic E-state index is 0.408. The van der Waals surface area contributed by atoms with E-state index in [2.05, 4.69) is 73.8 Å². The van der Waals surface area contributed by atoms with Crippen LogP contribution in [0.4, 0.5) is 0 Å². The average Bonchev–Trinajstić information content (AvgIpc) is 2.93. The van der Waals surface area contributed by atoms with Crippen LogP contribution in [0.2, 0.25) is 0 Å². The first kappa shape index (κ1) is 14.8. The fourth-order valence-electron chi connectivity index (χ4n) is 2.41. The van der Waals surface area contributed by atoms with Crippen molar-refractivity contribution < 1.29 is 0 Å². The van der Waals surface area contributed by atoms with Crippen LogP contribution < -0.4 is 5.32 Å².